The zero-order valence-corrected chi connectivity index (χ0v) is 12.9. The Bertz CT molecular complexity index is 746. The molecule has 0 fully saturated rings. The number of nitrogens with zero attached hydrogens (tertiary/aromatic N) is 1. The number of thiazole rings is 1. The summed E-state index contributed by atoms with van der Waals surface area (Å²) < 4.78 is 0. The Morgan fingerprint density at radius 2 is 1.86 bits per heavy atom. The average Bonchev–Trinajstić information content (AvgIpc) is 2.96. The molecule has 0 radical (unpaired) electrons. The van der Waals surface area contributed by atoms with Crippen molar-refractivity contribution in [2.45, 2.75) is 19.9 Å². The van der Waals surface area contributed by atoms with Crippen LogP contribution in [0, 0.1) is 6.92 Å². The van der Waals surface area contributed by atoms with E-state index < -0.39 is 0 Å². The molecule has 106 valence electrons. The third-order valence-corrected chi connectivity index (χ3v) is 4.30. The summed E-state index contributed by atoms with van der Waals surface area (Å²) in [5.74, 6) is 0. The van der Waals surface area contributed by atoms with E-state index in [-0.39, 0.29) is 0 Å². The van der Waals surface area contributed by atoms with Crippen LogP contribution in [0.25, 0.3) is 11.3 Å². The first-order chi connectivity index (χ1) is 10.2. The van der Waals surface area contributed by atoms with Crippen molar-refractivity contribution in [2.24, 2.45) is 5.73 Å². The van der Waals surface area contributed by atoms with Gasteiger partial charge in [-0.25, -0.2) is 4.98 Å². The standard InChI is InChI=1S/C18H18N2S/c1-13-4-2-5-14(8-13)10-18-20-17(12-21-18)16-7-3-6-15(9-16)11-19/h2-9,12H,10-11,19H2,1H3. The highest BCUT2D eigenvalue weighted by Gasteiger charge is 2.06. The zero-order valence-electron chi connectivity index (χ0n) is 12.0. The third kappa shape index (κ3) is 3.38. The normalized spacial score (nSPS) is 10.8. The third-order valence-electron chi connectivity index (χ3n) is 3.45. The van der Waals surface area contributed by atoms with Crippen molar-refractivity contribution < 1.29 is 0 Å². The van der Waals surface area contributed by atoms with Gasteiger partial charge in [0, 0.05) is 23.9 Å². The molecule has 21 heavy (non-hydrogen) atoms. The van der Waals surface area contributed by atoms with E-state index >= 15 is 0 Å². The van der Waals surface area contributed by atoms with Crippen molar-refractivity contribution in [3.05, 3.63) is 75.6 Å². The van der Waals surface area contributed by atoms with Crippen molar-refractivity contribution in [3.8, 4) is 11.3 Å². The number of nitrogens with two attached hydrogens (primary N) is 1. The van der Waals surface area contributed by atoms with Crippen LogP contribution in [0.3, 0.4) is 0 Å². The van der Waals surface area contributed by atoms with Gasteiger partial charge in [-0.05, 0) is 24.1 Å². The SMILES string of the molecule is Cc1cccc(Cc2nc(-c3cccc(CN)c3)cs2)c1. The molecule has 2 nitrogen and oxygen atoms in total. The van der Waals surface area contributed by atoms with Crippen molar-refractivity contribution in [3.63, 3.8) is 0 Å². The van der Waals surface area contributed by atoms with Crippen molar-refractivity contribution in [2.75, 3.05) is 0 Å². The van der Waals surface area contributed by atoms with Gasteiger partial charge in [0.15, 0.2) is 0 Å². The van der Waals surface area contributed by atoms with Crippen LogP contribution in [-0.2, 0) is 13.0 Å². The van der Waals surface area contributed by atoms with E-state index in [4.69, 9.17) is 10.7 Å². The van der Waals surface area contributed by atoms with E-state index in [0.29, 0.717) is 6.54 Å². The highest BCUT2D eigenvalue weighted by molar-refractivity contribution is 7.10. The lowest BCUT2D eigenvalue weighted by molar-refractivity contribution is 1.07. The quantitative estimate of drug-likeness (QED) is 0.784. The molecule has 1 aromatic heterocycles. The van der Waals surface area contributed by atoms with Gasteiger partial charge in [-0.1, -0.05) is 48.0 Å². The Morgan fingerprint density at radius 3 is 2.67 bits per heavy atom. The summed E-state index contributed by atoms with van der Waals surface area (Å²) in [4.78, 5) is 4.76. The maximum Gasteiger partial charge on any atom is 0.0976 e. The van der Waals surface area contributed by atoms with E-state index in [1.54, 1.807) is 11.3 Å². The van der Waals surface area contributed by atoms with Crippen LogP contribution < -0.4 is 5.73 Å². The van der Waals surface area contributed by atoms with Crippen LogP contribution in [0.2, 0.25) is 0 Å². The van der Waals surface area contributed by atoms with Crippen molar-refractivity contribution in [1.29, 1.82) is 0 Å². The molecule has 0 saturated carbocycles. The maximum atomic E-state index is 5.70. The predicted octanol–water partition coefficient (Wildman–Crippen LogP) is 4.17. The molecule has 0 bridgehead atoms. The lowest BCUT2D eigenvalue weighted by atomic mass is 10.1. The number of hydrogen-bond acceptors (Lipinski definition) is 3. The summed E-state index contributed by atoms with van der Waals surface area (Å²) >= 11 is 1.72. The van der Waals surface area contributed by atoms with E-state index in [9.17, 15) is 0 Å². The van der Waals surface area contributed by atoms with Gasteiger partial charge >= 0.3 is 0 Å². The summed E-state index contributed by atoms with van der Waals surface area (Å²) in [7, 11) is 0. The van der Waals surface area contributed by atoms with Crippen LogP contribution in [0.15, 0.2) is 53.9 Å². The summed E-state index contributed by atoms with van der Waals surface area (Å²) in [6, 6.07) is 16.9. The maximum absolute atomic E-state index is 5.70. The zero-order chi connectivity index (χ0) is 14.7. The average molecular weight is 294 g/mol. The second-order valence-corrected chi connectivity index (χ2v) is 6.14. The van der Waals surface area contributed by atoms with Gasteiger partial charge in [-0.2, -0.15) is 0 Å². The first-order valence-corrected chi connectivity index (χ1v) is 7.92. The Labute approximate surface area is 129 Å². The summed E-state index contributed by atoms with van der Waals surface area (Å²) in [6.07, 6.45) is 0.892. The second kappa shape index (κ2) is 6.20. The molecular weight excluding hydrogens is 276 g/mol. The minimum Gasteiger partial charge on any atom is -0.326 e. The molecular formula is C18H18N2S. The largest absolute Gasteiger partial charge is 0.326 e. The Morgan fingerprint density at radius 1 is 1.05 bits per heavy atom. The molecule has 2 aromatic carbocycles. The fraction of sp³-hybridized carbons (Fsp3) is 0.167. The highest BCUT2D eigenvalue weighted by atomic mass is 32.1. The number of aryl methyl sites for hydroxylation is 1. The van der Waals surface area contributed by atoms with Crippen LogP contribution in [0.5, 0.6) is 0 Å². The molecule has 0 amide bonds. The van der Waals surface area contributed by atoms with Gasteiger partial charge in [0.05, 0.1) is 10.7 Å². The number of hydrogen-bond donors (Lipinski definition) is 1. The van der Waals surface area contributed by atoms with Crippen LogP contribution >= 0.6 is 11.3 Å². The summed E-state index contributed by atoms with van der Waals surface area (Å²) in [6.45, 7) is 2.68. The smallest absolute Gasteiger partial charge is 0.0976 e. The van der Waals surface area contributed by atoms with E-state index in [0.717, 1.165) is 28.2 Å². The lowest BCUT2D eigenvalue weighted by Crippen LogP contribution is -1.95. The number of benzene rings is 2. The molecule has 2 N–H and O–H groups in total. The van der Waals surface area contributed by atoms with Crippen LogP contribution in [-0.4, -0.2) is 4.98 Å². The topological polar surface area (TPSA) is 38.9 Å². The van der Waals surface area contributed by atoms with Crippen molar-refractivity contribution in [1.82, 2.24) is 4.98 Å². The second-order valence-electron chi connectivity index (χ2n) is 5.20. The van der Waals surface area contributed by atoms with Crippen LogP contribution in [0.4, 0.5) is 0 Å². The fourth-order valence-corrected chi connectivity index (χ4v) is 3.22. The molecule has 0 aliphatic rings. The molecule has 3 rings (SSSR count). The first kappa shape index (κ1) is 14.0. The highest BCUT2D eigenvalue weighted by Crippen LogP contribution is 2.24. The van der Waals surface area contributed by atoms with E-state index in [1.807, 2.05) is 12.1 Å². The molecule has 0 aliphatic heterocycles. The van der Waals surface area contributed by atoms with Gasteiger partial charge in [0.1, 0.15) is 0 Å². The molecule has 0 atom stereocenters. The Kier molecular flexibility index (Phi) is 4.13. The molecule has 1 heterocycles. The van der Waals surface area contributed by atoms with Gasteiger partial charge in [-0.3, -0.25) is 0 Å². The Balaban J connectivity index is 1.82. The van der Waals surface area contributed by atoms with Gasteiger partial charge < -0.3 is 5.73 Å². The van der Waals surface area contributed by atoms with Gasteiger partial charge in [-0.15, -0.1) is 11.3 Å². The fourth-order valence-electron chi connectivity index (χ4n) is 2.38. The lowest BCUT2D eigenvalue weighted by Gasteiger charge is -2.01. The molecule has 0 spiro atoms. The van der Waals surface area contributed by atoms with E-state index in [1.165, 1.54) is 11.1 Å². The predicted molar refractivity (Wildman–Crippen MR) is 89.4 cm³/mol. The van der Waals surface area contributed by atoms with Crippen molar-refractivity contribution >= 4 is 11.3 Å². The van der Waals surface area contributed by atoms with E-state index in [2.05, 4.69) is 48.7 Å². The molecule has 3 heteroatoms. The first-order valence-electron chi connectivity index (χ1n) is 7.04. The number of aromatic nitrogens is 1. The monoisotopic (exact) mass is 294 g/mol. The molecule has 0 unspecified atom stereocenters. The van der Waals surface area contributed by atoms with Gasteiger partial charge in [0.2, 0.25) is 0 Å². The Hall–Kier alpha value is -1.97. The molecule has 0 aliphatic carbocycles. The number of rotatable bonds is 4. The minimum atomic E-state index is 0.564. The summed E-state index contributed by atoms with van der Waals surface area (Å²) in [5, 5.41) is 3.27. The molecule has 0 saturated heterocycles. The van der Waals surface area contributed by atoms with Crippen LogP contribution in [0.1, 0.15) is 21.7 Å². The minimum absolute atomic E-state index is 0.564. The summed E-state index contributed by atoms with van der Waals surface area (Å²) in [5.41, 5.74) is 11.6. The molecule has 3 aromatic rings. The van der Waals surface area contributed by atoms with Gasteiger partial charge in [0.25, 0.3) is 0 Å².